The summed E-state index contributed by atoms with van der Waals surface area (Å²) in [6.45, 7) is 9.29. The first-order valence-electron chi connectivity index (χ1n) is 12.0. The fourth-order valence-electron chi connectivity index (χ4n) is 5.00. The van der Waals surface area contributed by atoms with Crippen LogP contribution in [0.25, 0.3) is 0 Å². The van der Waals surface area contributed by atoms with E-state index in [0.29, 0.717) is 18.9 Å². The van der Waals surface area contributed by atoms with Crippen LogP contribution in [0, 0.1) is 17.2 Å². The predicted octanol–water partition coefficient (Wildman–Crippen LogP) is 4.76. The lowest BCUT2D eigenvalue weighted by Gasteiger charge is -2.41. The lowest BCUT2D eigenvalue weighted by Crippen LogP contribution is -2.53. The number of nitrogens with zero attached hydrogens (tertiary/aromatic N) is 2. The van der Waals surface area contributed by atoms with Crippen molar-refractivity contribution in [2.45, 2.75) is 103 Å². The smallest absolute Gasteiger partial charge is 0.410 e. The summed E-state index contributed by atoms with van der Waals surface area (Å²) in [5, 5.41) is 11.7. The van der Waals surface area contributed by atoms with Gasteiger partial charge in [-0.2, -0.15) is 0 Å². The lowest BCUT2D eigenvalue weighted by molar-refractivity contribution is -0.114. The zero-order valence-corrected chi connectivity index (χ0v) is 20.3. The average Bonchev–Trinajstić information content (AvgIpc) is 2.71. The quantitative estimate of drug-likeness (QED) is 0.342. The largest absolute Gasteiger partial charge is 0.444 e. The van der Waals surface area contributed by atoms with Crippen LogP contribution < -0.4 is 5.32 Å². The Morgan fingerprint density at radius 2 is 1.77 bits per heavy atom. The van der Waals surface area contributed by atoms with Gasteiger partial charge in [-0.1, -0.05) is 32.1 Å². The van der Waals surface area contributed by atoms with Gasteiger partial charge in [0.05, 0.1) is 0 Å². The van der Waals surface area contributed by atoms with Crippen LogP contribution in [0.4, 0.5) is 4.79 Å². The van der Waals surface area contributed by atoms with E-state index in [0.717, 1.165) is 44.6 Å². The second-order valence-electron chi connectivity index (χ2n) is 10.9. The minimum absolute atomic E-state index is 0.140. The summed E-state index contributed by atoms with van der Waals surface area (Å²) < 4.78 is 5.58. The normalized spacial score (nSPS) is 22.4. The molecule has 2 fully saturated rings. The van der Waals surface area contributed by atoms with Crippen LogP contribution in [0.3, 0.4) is 0 Å². The number of hydrogen-bond acceptors (Lipinski definition) is 4. The first kappa shape index (κ1) is 25.5. The summed E-state index contributed by atoms with van der Waals surface area (Å²) in [5.74, 6) is 1.25. The lowest BCUT2D eigenvalue weighted by atomic mass is 9.78. The Morgan fingerprint density at radius 3 is 2.39 bits per heavy atom. The molecule has 2 atom stereocenters. The van der Waals surface area contributed by atoms with E-state index in [-0.39, 0.29) is 17.6 Å². The number of hydrogen-bond donors (Lipinski definition) is 2. The van der Waals surface area contributed by atoms with E-state index in [4.69, 9.17) is 10.1 Å². The maximum atomic E-state index is 12.6. The van der Waals surface area contributed by atoms with Crippen LogP contribution in [-0.2, 0) is 9.53 Å². The number of likely N-dealkylation sites (tertiary alicyclic amines) is 1. The molecule has 2 rings (SSSR count). The molecule has 0 spiro atoms. The standard InChI is InChI=1S/C24H44N4O3/c1-23(2,3)31-22(30)28-15-9-12-20(17-28)16-24(4,26-21(25)27(5)18-29)14-13-19-10-7-6-8-11-19/h18-20H,6-17H2,1-5H3,(H2,25,26)/t20?,24-/m1/s1. The van der Waals surface area contributed by atoms with Crippen molar-refractivity contribution >= 4 is 18.5 Å². The Kier molecular flexibility index (Phi) is 9.19. The van der Waals surface area contributed by atoms with Gasteiger partial charge in [0.25, 0.3) is 0 Å². The maximum absolute atomic E-state index is 12.6. The van der Waals surface area contributed by atoms with Crippen molar-refractivity contribution < 1.29 is 14.3 Å². The van der Waals surface area contributed by atoms with Gasteiger partial charge < -0.3 is 15.0 Å². The number of piperidine rings is 1. The van der Waals surface area contributed by atoms with Gasteiger partial charge in [0.2, 0.25) is 6.41 Å². The van der Waals surface area contributed by atoms with Gasteiger partial charge in [0.1, 0.15) is 5.60 Å². The molecule has 2 N–H and O–H groups in total. The molecule has 0 aromatic carbocycles. The molecule has 1 saturated heterocycles. The second-order valence-corrected chi connectivity index (χ2v) is 10.9. The number of amides is 2. The van der Waals surface area contributed by atoms with Gasteiger partial charge >= 0.3 is 6.09 Å². The molecule has 7 nitrogen and oxygen atoms in total. The second kappa shape index (κ2) is 11.2. The number of carbonyl (C=O) groups is 2. The number of nitrogens with one attached hydrogen (secondary N) is 2. The van der Waals surface area contributed by atoms with Crippen molar-refractivity contribution in [1.29, 1.82) is 5.41 Å². The minimum Gasteiger partial charge on any atom is -0.444 e. The summed E-state index contributed by atoms with van der Waals surface area (Å²) >= 11 is 0. The summed E-state index contributed by atoms with van der Waals surface area (Å²) in [6.07, 6.45) is 12.1. The molecular formula is C24H44N4O3. The van der Waals surface area contributed by atoms with Crippen LogP contribution in [0.1, 0.15) is 91.9 Å². The van der Waals surface area contributed by atoms with E-state index >= 15 is 0 Å². The van der Waals surface area contributed by atoms with Crippen LogP contribution in [0.2, 0.25) is 0 Å². The van der Waals surface area contributed by atoms with Gasteiger partial charge in [0, 0.05) is 25.7 Å². The van der Waals surface area contributed by atoms with E-state index < -0.39 is 5.60 Å². The third kappa shape index (κ3) is 8.69. The van der Waals surface area contributed by atoms with E-state index in [9.17, 15) is 9.59 Å². The molecule has 0 aromatic rings. The van der Waals surface area contributed by atoms with Crippen molar-refractivity contribution in [3.05, 3.63) is 0 Å². The van der Waals surface area contributed by atoms with Crippen molar-refractivity contribution in [3.63, 3.8) is 0 Å². The van der Waals surface area contributed by atoms with E-state index in [1.165, 1.54) is 37.0 Å². The summed E-state index contributed by atoms with van der Waals surface area (Å²) in [7, 11) is 1.61. The van der Waals surface area contributed by atoms with E-state index in [1.807, 2.05) is 25.7 Å². The van der Waals surface area contributed by atoms with Gasteiger partial charge in [0.15, 0.2) is 5.96 Å². The molecule has 1 unspecified atom stereocenters. The Balaban J connectivity index is 2.03. The molecule has 1 saturated carbocycles. The summed E-state index contributed by atoms with van der Waals surface area (Å²) in [5.41, 5.74) is -0.776. The summed E-state index contributed by atoms with van der Waals surface area (Å²) in [4.78, 5) is 26.8. The topological polar surface area (TPSA) is 85.7 Å². The number of ether oxygens (including phenoxy) is 1. The molecule has 0 bridgehead atoms. The molecule has 1 aliphatic heterocycles. The minimum atomic E-state index is -0.491. The van der Waals surface area contributed by atoms with Crippen LogP contribution in [-0.4, -0.2) is 59.5 Å². The van der Waals surface area contributed by atoms with Gasteiger partial charge in [-0.15, -0.1) is 0 Å². The molecule has 2 aliphatic rings. The van der Waals surface area contributed by atoms with Crippen molar-refractivity contribution in [2.75, 3.05) is 20.1 Å². The zero-order chi connectivity index (χ0) is 23.1. The number of rotatable bonds is 7. The van der Waals surface area contributed by atoms with Crippen LogP contribution in [0.5, 0.6) is 0 Å². The third-order valence-corrected chi connectivity index (χ3v) is 6.67. The summed E-state index contributed by atoms with van der Waals surface area (Å²) in [6, 6.07) is 0. The first-order valence-corrected chi connectivity index (χ1v) is 12.0. The highest BCUT2D eigenvalue weighted by Crippen LogP contribution is 2.34. The SMILES string of the molecule is CN(C=O)C(=N)N[C@](C)(CCC1CCCCC1)CC1CCCN(C(=O)OC(C)(C)C)C1. The molecule has 178 valence electrons. The first-order chi connectivity index (χ1) is 14.5. The van der Waals surface area contributed by atoms with Crippen molar-refractivity contribution in [2.24, 2.45) is 11.8 Å². The van der Waals surface area contributed by atoms with Crippen LogP contribution in [0.15, 0.2) is 0 Å². The fraction of sp³-hybridized carbons (Fsp3) is 0.875. The molecule has 7 heteroatoms. The Hall–Kier alpha value is -1.79. The van der Waals surface area contributed by atoms with Crippen molar-refractivity contribution in [1.82, 2.24) is 15.1 Å². The van der Waals surface area contributed by atoms with Gasteiger partial charge in [-0.3, -0.25) is 15.1 Å². The maximum Gasteiger partial charge on any atom is 0.410 e. The van der Waals surface area contributed by atoms with Gasteiger partial charge in [-0.25, -0.2) is 4.79 Å². The molecule has 31 heavy (non-hydrogen) atoms. The predicted molar refractivity (Wildman–Crippen MR) is 124 cm³/mol. The molecule has 0 radical (unpaired) electrons. The average molecular weight is 437 g/mol. The molecule has 0 aromatic heterocycles. The highest BCUT2D eigenvalue weighted by molar-refractivity contribution is 5.86. The number of carbonyl (C=O) groups excluding carboxylic acids is 2. The van der Waals surface area contributed by atoms with E-state index in [1.54, 1.807) is 7.05 Å². The highest BCUT2D eigenvalue weighted by Gasteiger charge is 2.34. The Morgan fingerprint density at radius 1 is 1.13 bits per heavy atom. The van der Waals surface area contributed by atoms with Crippen LogP contribution >= 0.6 is 0 Å². The fourth-order valence-corrected chi connectivity index (χ4v) is 5.00. The molecule has 1 heterocycles. The Bertz CT molecular complexity index is 612. The van der Waals surface area contributed by atoms with Gasteiger partial charge in [-0.05, 0) is 71.6 Å². The number of guanidine groups is 1. The monoisotopic (exact) mass is 436 g/mol. The zero-order valence-electron chi connectivity index (χ0n) is 20.3. The molecule has 2 amide bonds. The van der Waals surface area contributed by atoms with Crippen molar-refractivity contribution in [3.8, 4) is 0 Å². The highest BCUT2D eigenvalue weighted by atomic mass is 16.6. The molecular weight excluding hydrogens is 392 g/mol. The van der Waals surface area contributed by atoms with E-state index in [2.05, 4.69) is 12.2 Å². The molecule has 1 aliphatic carbocycles. The third-order valence-electron chi connectivity index (χ3n) is 6.67. The Labute approximate surface area is 188 Å².